The highest BCUT2D eigenvalue weighted by Gasteiger charge is 2.26. The summed E-state index contributed by atoms with van der Waals surface area (Å²) in [7, 11) is 0. The Morgan fingerprint density at radius 3 is 2.57 bits per heavy atom. The van der Waals surface area contributed by atoms with Crippen LogP contribution in [-0.4, -0.2) is 60.8 Å². The van der Waals surface area contributed by atoms with Gasteiger partial charge in [-0.05, 0) is 41.5 Å². The summed E-state index contributed by atoms with van der Waals surface area (Å²) >= 11 is 0. The average Bonchev–Trinajstić information content (AvgIpc) is 2.35. The first-order valence-corrected chi connectivity index (χ1v) is 7.52. The number of aliphatic imine (C=N–C) groups is 1. The predicted octanol–water partition coefficient (Wildman–Crippen LogP) is 2.04. The maximum Gasteiger partial charge on any atom is 0.410 e. The maximum absolute atomic E-state index is 12.1. The molecule has 0 saturated carbocycles. The molecule has 1 aliphatic rings. The molecular weight excluding hydrogens is 270 g/mol. The Morgan fingerprint density at radius 1 is 1.33 bits per heavy atom. The highest BCUT2D eigenvalue weighted by Crippen LogP contribution is 2.11. The van der Waals surface area contributed by atoms with Gasteiger partial charge in [-0.1, -0.05) is 0 Å². The zero-order valence-electron chi connectivity index (χ0n) is 14.2. The SMILES string of the molecule is CCOC(C)(C)CNC1=NCCN(C(=O)OC(C)(C)C)C1. The van der Waals surface area contributed by atoms with E-state index in [4.69, 9.17) is 9.47 Å². The standard InChI is InChI=1S/C15H29N3O3/c1-7-20-15(5,6)11-17-12-10-18(9-8-16-12)13(19)21-14(2,3)4/h7-11H2,1-6H3,(H,16,17). The molecule has 0 bridgehead atoms. The van der Waals surface area contributed by atoms with Gasteiger partial charge in [0.15, 0.2) is 0 Å². The van der Waals surface area contributed by atoms with Crippen molar-refractivity contribution in [3.63, 3.8) is 0 Å². The van der Waals surface area contributed by atoms with Crippen molar-refractivity contribution in [2.75, 3.05) is 32.8 Å². The Hall–Kier alpha value is -1.30. The summed E-state index contributed by atoms with van der Waals surface area (Å²) in [6.45, 7) is 14.6. The smallest absolute Gasteiger partial charge is 0.410 e. The van der Waals surface area contributed by atoms with Crippen LogP contribution in [0.4, 0.5) is 4.79 Å². The highest BCUT2D eigenvalue weighted by molar-refractivity contribution is 5.87. The van der Waals surface area contributed by atoms with Crippen LogP contribution in [0.25, 0.3) is 0 Å². The Kier molecular flexibility index (Phi) is 6.01. The summed E-state index contributed by atoms with van der Waals surface area (Å²) < 4.78 is 11.0. The molecule has 0 fully saturated rings. The van der Waals surface area contributed by atoms with Gasteiger partial charge in [0.05, 0.1) is 18.7 Å². The minimum absolute atomic E-state index is 0.258. The molecule has 1 rings (SSSR count). The van der Waals surface area contributed by atoms with Crippen molar-refractivity contribution >= 4 is 11.9 Å². The van der Waals surface area contributed by atoms with E-state index >= 15 is 0 Å². The molecule has 0 aromatic rings. The number of rotatable bonds is 4. The van der Waals surface area contributed by atoms with Gasteiger partial charge in [0.2, 0.25) is 0 Å². The number of nitrogens with one attached hydrogen (secondary N) is 1. The molecule has 0 saturated heterocycles. The highest BCUT2D eigenvalue weighted by atomic mass is 16.6. The van der Waals surface area contributed by atoms with Crippen LogP contribution in [-0.2, 0) is 9.47 Å². The van der Waals surface area contributed by atoms with E-state index in [0.717, 1.165) is 5.84 Å². The number of carbonyl (C=O) groups excluding carboxylic acids is 1. The second-order valence-electron chi connectivity index (χ2n) is 6.78. The minimum atomic E-state index is -0.476. The van der Waals surface area contributed by atoms with Gasteiger partial charge in [0.25, 0.3) is 0 Å². The normalized spacial score (nSPS) is 16.5. The van der Waals surface area contributed by atoms with Crippen molar-refractivity contribution in [3.05, 3.63) is 0 Å². The number of amides is 1. The molecular formula is C15H29N3O3. The molecule has 0 atom stereocenters. The second kappa shape index (κ2) is 7.11. The molecule has 0 radical (unpaired) electrons. The third-order valence-corrected chi connectivity index (χ3v) is 2.92. The first kappa shape index (κ1) is 17.8. The van der Waals surface area contributed by atoms with Crippen LogP contribution in [0.3, 0.4) is 0 Å². The number of carbonyl (C=O) groups is 1. The van der Waals surface area contributed by atoms with Gasteiger partial charge in [0, 0.05) is 19.7 Å². The maximum atomic E-state index is 12.1. The molecule has 6 heteroatoms. The summed E-state index contributed by atoms with van der Waals surface area (Å²) in [5.41, 5.74) is -0.734. The predicted molar refractivity (Wildman–Crippen MR) is 83.8 cm³/mol. The van der Waals surface area contributed by atoms with Gasteiger partial charge >= 0.3 is 6.09 Å². The first-order chi connectivity index (χ1) is 9.63. The quantitative estimate of drug-likeness (QED) is 0.863. The van der Waals surface area contributed by atoms with Crippen LogP contribution in [0.1, 0.15) is 41.5 Å². The summed E-state index contributed by atoms with van der Waals surface area (Å²) in [4.78, 5) is 18.2. The van der Waals surface area contributed by atoms with E-state index in [1.54, 1.807) is 4.90 Å². The van der Waals surface area contributed by atoms with Gasteiger partial charge in [-0.15, -0.1) is 0 Å². The lowest BCUT2D eigenvalue weighted by atomic mass is 10.1. The molecule has 1 N–H and O–H groups in total. The molecule has 0 aliphatic carbocycles. The van der Waals surface area contributed by atoms with Crippen LogP contribution in [0.2, 0.25) is 0 Å². The lowest BCUT2D eigenvalue weighted by Crippen LogP contribution is -2.49. The fourth-order valence-corrected chi connectivity index (χ4v) is 1.97. The Balaban J connectivity index is 2.49. The van der Waals surface area contributed by atoms with E-state index in [2.05, 4.69) is 10.3 Å². The van der Waals surface area contributed by atoms with Crippen LogP contribution >= 0.6 is 0 Å². The van der Waals surface area contributed by atoms with Gasteiger partial charge in [-0.25, -0.2) is 4.79 Å². The number of ether oxygens (including phenoxy) is 2. The van der Waals surface area contributed by atoms with E-state index < -0.39 is 5.60 Å². The van der Waals surface area contributed by atoms with Gasteiger partial charge in [0.1, 0.15) is 11.4 Å². The molecule has 1 aliphatic heterocycles. The number of amidine groups is 1. The van der Waals surface area contributed by atoms with Crippen molar-refractivity contribution in [2.24, 2.45) is 4.99 Å². The lowest BCUT2D eigenvalue weighted by Gasteiger charge is -2.31. The molecule has 6 nitrogen and oxygen atoms in total. The Morgan fingerprint density at radius 2 is 2.00 bits per heavy atom. The topological polar surface area (TPSA) is 63.2 Å². The summed E-state index contributed by atoms with van der Waals surface area (Å²) in [5.74, 6) is 0.805. The molecule has 122 valence electrons. The number of hydrogen-bond donors (Lipinski definition) is 1. The molecule has 0 unspecified atom stereocenters. The van der Waals surface area contributed by atoms with Crippen molar-refractivity contribution in [2.45, 2.75) is 52.7 Å². The van der Waals surface area contributed by atoms with Crippen LogP contribution in [0, 0.1) is 0 Å². The second-order valence-corrected chi connectivity index (χ2v) is 6.78. The van der Waals surface area contributed by atoms with E-state index in [9.17, 15) is 4.79 Å². The summed E-state index contributed by atoms with van der Waals surface area (Å²) in [6.07, 6.45) is -0.291. The van der Waals surface area contributed by atoms with E-state index in [1.807, 2.05) is 41.5 Å². The van der Waals surface area contributed by atoms with Gasteiger partial charge in [-0.2, -0.15) is 0 Å². The van der Waals surface area contributed by atoms with E-state index in [-0.39, 0.29) is 11.7 Å². The first-order valence-electron chi connectivity index (χ1n) is 7.52. The average molecular weight is 299 g/mol. The summed E-state index contributed by atoms with van der Waals surface area (Å²) in [6, 6.07) is 0. The number of nitrogens with zero attached hydrogens (tertiary/aromatic N) is 2. The third kappa shape index (κ3) is 6.80. The van der Waals surface area contributed by atoms with Crippen molar-refractivity contribution in [1.29, 1.82) is 0 Å². The lowest BCUT2D eigenvalue weighted by molar-refractivity contribution is -0.00594. The molecule has 0 spiro atoms. The zero-order valence-corrected chi connectivity index (χ0v) is 14.2. The zero-order chi connectivity index (χ0) is 16.1. The van der Waals surface area contributed by atoms with Crippen LogP contribution in [0.5, 0.6) is 0 Å². The monoisotopic (exact) mass is 299 g/mol. The fraction of sp³-hybridized carbons (Fsp3) is 0.867. The number of hydrogen-bond acceptors (Lipinski definition) is 5. The van der Waals surface area contributed by atoms with Crippen LogP contribution < -0.4 is 5.32 Å². The van der Waals surface area contributed by atoms with Crippen molar-refractivity contribution < 1.29 is 14.3 Å². The van der Waals surface area contributed by atoms with Crippen LogP contribution in [0.15, 0.2) is 4.99 Å². The molecule has 1 amide bonds. The molecule has 0 aromatic heterocycles. The van der Waals surface area contributed by atoms with E-state index in [0.29, 0.717) is 32.8 Å². The molecule has 0 aromatic carbocycles. The third-order valence-electron chi connectivity index (χ3n) is 2.92. The van der Waals surface area contributed by atoms with Gasteiger partial charge in [-0.3, -0.25) is 9.89 Å². The summed E-state index contributed by atoms with van der Waals surface area (Å²) in [5, 5.41) is 3.27. The van der Waals surface area contributed by atoms with Crippen molar-refractivity contribution in [3.8, 4) is 0 Å². The van der Waals surface area contributed by atoms with Crippen molar-refractivity contribution in [1.82, 2.24) is 10.2 Å². The molecule has 21 heavy (non-hydrogen) atoms. The minimum Gasteiger partial charge on any atom is -0.444 e. The fourth-order valence-electron chi connectivity index (χ4n) is 1.97. The largest absolute Gasteiger partial charge is 0.444 e. The van der Waals surface area contributed by atoms with Gasteiger partial charge < -0.3 is 14.8 Å². The van der Waals surface area contributed by atoms with E-state index in [1.165, 1.54) is 0 Å². The Bertz CT molecular complexity index is 386. The Labute approximate surface area is 127 Å². The molecule has 1 heterocycles.